The van der Waals surface area contributed by atoms with Gasteiger partial charge in [0.2, 0.25) is 0 Å². The maximum absolute atomic E-state index is 10.0. The topological polar surface area (TPSA) is 37.3 Å². The van der Waals surface area contributed by atoms with E-state index in [0.717, 1.165) is 12.8 Å². The Hall–Kier alpha value is 0.00247. The zero-order valence-electron chi connectivity index (χ0n) is 7.18. The average molecular weight is 171 g/mol. The molecule has 0 aromatic carbocycles. The molecule has 0 heterocycles. The van der Waals surface area contributed by atoms with Crippen LogP contribution >= 0.6 is 0 Å². The van der Waals surface area contributed by atoms with Gasteiger partial charge in [-0.3, -0.25) is 4.79 Å². The van der Waals surface area contributed by atoms with Crippen molar-refractivity contribution in [3.8, 4) is 0 Å². The molecule has 11 heavy (non-hydrogen) atoms. The van der Waals surface area contributed by atoms with Crippen LogP contribution in [-0.2, 0) is 4.79 Å². The first kappa shape index (κ1) is 13.6. The number of aliphatic carboxylic acids is 1. The van der Waals surface area contributed by atoms with Crippen molar-refractivity contribution in [3.05, 3.63) is 0 Å². The van der Waals surface area contributed by atoms with Crippen LogP contribution in [0.15, 0.2) is 0 Å². The SMILES string of the molecule is CCCCCCCC(=O)O.[Al]. The van der Waals surface area contributed by atoms with E-state index < -0.39 is 5.97 Å². The van der Waals surface area contributed by atoms with Gasteiger partial charge in [0.15, 0.2) is 0 Å². The van der Waals surface area contributed by atoms with Gasteiger partial charge in [-0.05, 0) is 6.42 Å². The molecule has 0 fully saturated rings. The Kier molecular flexibility index (Phi) is 12.4. The van der Waals surface area contributed by atoms with Crippen molar-refractivity contribution in [1.29, 1.82) is 0 Å². The summed E-state index contributed by atoms with van der Waals surface area (Å²) in [7, 11) is 0. The molecular formula is C8H16AlO2. The van der Waals surface area contributed by atoms with E-state index in [4.69, 9.17) is 5.11 Å². The van der Waals surface area contributed by atoms with Gasteiger partial charge < -0.3 is 5.11 Å². The van der Waals surface area contributed by atoms with E-state index in [1.165, 1.54) is 19.3 Å². The number of unbranched alkanes of at least 4 members (excludes halogenated alkanes) is 4. The van der Waals surface area contributed by atoms with Crippen LogP contribution in [0.2, 0.25) is 0 Å². The molecular weight excluding hydrogens is 155 g/mol. The lowest BCUT2D eigenvalue weighted by atomic mass is 10.1. The van der Waals surface area contributed by atoms with Gasteiger partial charge in [-0.25, -0.2) is 0 Å². The molecule has 0 saturated heterocycles. The van der Waals surface area contributed by atoms with Crippen molar-refractivity contribution >= 4 is 23.3 Å². The first-order valence-corrected chi connectivity index (χ1v) is 3.99. The molecule has 0 aliphatic carbocycles. The maximum atomic E-state index is 10.0. The Morgan fingerprint density at radius 2 is 1.73 bits per heavy atom. The molecule has 0 amide bonds. The third-order valence-corrected chi connectivity index (χ3v) is 1.49. The van der Waals surface area contributed by atoms with Gasteiger partial charge in [0.05, 0.1) is 0 Å². The summed E-state index contributed by atoms with van der Waals surface area (Å²) in [6.07, 6.45) is 5.88. The summed E-state index contributed by atoms with van der Waals surface area (Å²) in [6.45, 7) is 2.15. The molecule has 0 rings (SSSR count). The molecule has 0 aromatic heterocycles. The van der Waals surface area contributed by atoms with Crippen molar-refractivity contribution < 1.29 is 9.90 Å². The second-order valence-electron chi connectivity index (χ2n) is 2.56. The van der Waals surface area contributed by atoms with E-state index in [2.05, 4.69) is 6.92 Å². The summed E-state index contributed by atoms with van der Waals surface area (Å²) >= 11 is 0. The second-order valence-corrected chi connectivity index (χ2v) is 2.56. The van der Waals surface area contributed by atoms with Gasteiger partial charge in [0, 0.05) is 23.8 Å². The van der Waals surface area contributed by atoms with Gasteiger partial charge >= 0.3 is 5.97 Å². The molecule has 0 unspecified atom stereocenters. The van der Waals surface area contributed by atoms with Crippen LogP contribution in [0.3, 0.4) is 0 Å². The Labute approximate surface area is 79.1 Å². The predicted octanol–water partition coefficient (Wildman–Crippen LogP) is 2.05. The molecule has 2 nitrogen and oxygen atoms in total. The van der Waals surface area contributed by atoms with Crippen molar-refractivity contribution in [2.75, 3.05) is 0 Å². The number of carboxylic acid groups (broad SMARTS) is 1. The van der Waals surface area contributed by atoms with Crippen LogP contribution in [0.25, 0.3) is 0 Å². The first-order chi connectivity index (χ1) is 4.77. The fraction of sp³-hybridized carbons (Fsp3) is 0.875. The van der Waals surface area contributed by atoms with E-state index >= 15 is 0 Å². The largest absolute Gasteiger partial charge is 0.481 e. The van der Waals surface area contributed by atoms with Crippen LogP contribution < -0.4 is 0 Å². The van der Waals surface area contributed by atoms with Gasteiger partial charge in [-0.1, -0.05) is 32.6 Å². The summed E-state index contributed by atoms with van der Waals surface area (Å²) < 4.78 is 0. The fourth-order valence-corrected chi connectivity index (χ4v) is 0.880. The third kappa shape index (κ3) is 13.1. The number of hydrogen-bond acceptors (Lipinski definition) is 1. The highest BCUT2D eigenvalue weighted by Crippen LogP contribution is 2.04. The van der Waals surface area contributed by atoms with Crippen LogP contribution in [-0.4, -0.2) is 28.4 Å². The lowest BCUT2D eigenvalue weighted by molar-refractivity contribution is -0.137. The minimum atomic E-state index is -0.670. The molecule has 0 atom stereocenters. The van der Waals surface area contributed by atoms with Gasteiger partial charge in [-0.15, -0.1) is 0 Å². The average Bonchev–Trinajstić information content (AvgIpc) is 1.87. The summed E-state index contributed by atoms with van der Waals surface area (Å²) in [4.78, 5) is 10.0. The molecule has 63 valence electrons. The standard InChI is InChI=1S/C8H16O2.Al/c1-2-3-4-5-6-7-8(9)10;/h2-7H2,1H3,(H,9,10);. The lowest BCUT2D eigenvalue weighted by Crippen LogP contribution is -1.93. The minimum absolute atomic E-state index is 0. The predicted molar refractivity (Wildman–Crippen MR) is 46.8 cm³/mol. The maximum Gasteiger partial charge on any atom is 0.303 e. The molecule has 3 radical (unpaired) electrons. The number of carboxylic acids is 1. The fourth-order valence-electron chi connectivity index (χ4n) is 0.880. The molecule has 0 aliphatic rings. The molecule has 0 aromatic rings. The third-order valence-electron chi connectivity index (χ3n) is 1.49. The van der Waals surface area contributed by atoms with Crippen molar-refractivity contribution in [2.24, 2.45) is 0 Å². The highest BCUT2D eigenvalue weighted by molar-refractivity contribution is 5.75. The van der Waals surface area contributed by atoms with Crippen LogP contribution in [0, 0.1) is 0 Å². The van der Waals surface area contributed by atoms with Crippen LogP contribution in [0.4, 0.5) is 0 Å². The lowest BCUT2D eigenvalue weighted by Gasteiger charge is -1.95. The molecule has 3 heteroatoms. The van der Waals surface area contributed by atoms with E-state index in [9.17, 15) is 4.79 Å². The Bertz CT molecular complexity index is 94.1. The van der Waals surface area contributed by atoms with E-state index in [0.29, 0.717) is 6.42 Å². The highest BCUT2D eigenvalue weighted by Gasteiger charge is 1.94. The number of hydrogen-bond donors (Lipinski definition) is 1. The molecule has 1 N–H and O–H groups in total. The second kappa shape index (κ2) is 10.0. The molecule has 0 spiro atoms. The Balaban J connectivity index is 0. The quantitative estimate of drug-likeness (QED) is 0.490. The summed E-state index contributed by atoms with van der Waals surface area (Å²) in [6, 6.07) is 0. The van der Waals surface area contributed by atoms with Gasteiger partial charge in [-0.2, -0.15) is 0 Å². The van der Waals surface area contributed by atoms with Crippen molar-refractivity contribution in [3.63, 3.8) is 0 Å². The number of rotatable bonds is 6. The van der Waals surface area contributed by atoms with Gasteiger partial charge in [0.1, 0.15) is 0 Å². The molecule has 0 saturated carbocycles. The molecule has 0 aliphatic heterocycles. The minimum Gasteiger partial charge on any atom is -0.481 e. The zero-order valence-corrected chi connectivity index (χ0v) is 8.33. The normalized spacial score (nSPS) is 8.82. The van der Waals surface area contributed by atoms with Crippen molar-refractivity contribution in [1.82, 2.24) is 0 Å². The Morgan fingerprint density at radius 3 is 2.18 bits per heavy atom. The first-order valence-electron chi connectivity index (χ1n) is 3.99. The van der Waals surface area contributed by atoms with Crippen LogP contribution in [0.5, 0.6) is 0 Å². The van der Waals surface area contributed by atoms with Crippen LogP contribution in [0.1, 0.15) is 45.4 Å². The van der Waals surface area contributed by atoms with E-state index in [-0.39, 0.29) is 17.4 Å². The van der Waals surface area contributed by atoms with Gasteiger partial charge in [0.25, 0.3) is 0 Å². The van der Waals surface area contributed by atoms with Crippen molar-refractivity contribution in [2.45, 2.75) is 45.4 Å². The number of carbonyl (C=O) groups is 1. The highest BCUT2D eigenvalue weighted by atomic mass is 27.0. The molecule has 0 bridgehead atoms. The zero-order chi connectivity index (χ0) is 7.82. The monoisotopic (exact) mass is 171 g/mol. The van der Waals surface area contributed by atoms with E-state index in [1.807, 2.05) is 0 Å². The van der Waals surface area contributed by atoms with E-state index in [1.54, 1.807) is 0 Å². The summed E-state index contributed by atoms with van der Waals surface area (Å²) in [5.41, 5.74) is 0. The summed E-state index contributed by atoms with van der Waals surface area (Å²) in [5.74, 6) is -0.670. The Morgan fingerprint density at radius 1 is 1.18 bits per heavy atom. The smallest absolute Gasteiger partial charge is 0.303 e. The summed E-state index contributed by atoms with van der Waals surface area (Å²) in [5, 5.41) is 8.27.